The Morgan fingerprint density at radius 1 is 1.36 bits per heavy atom. The number of hydrogen-bond donors (Lipinski definition) is 3. The molecule has 22 heavy (non-hydrogen) atoms. The van der Waals surface area contributed by atoms with Crippen molar-refractivity contribution >= 4 is 5.95 Å². The normalized spacial score (nSPS) is 10.7. The van der Waals surface area contributed by atoms with Crippen molar-refractivity contribution in [2.75, 3.05) is 18.9 Å². The quantitative estimate of drug-likeness (QED) is 0.699. The molecule has 0 spiro atoms. The number of aryl methyl sites for hydroxylation is 2. The van der Waals surface area contributed by atoms with Gasteiger partial charge in [-0.3, -0.25) is 9.78 Å². The van der Waals surface area contributed by atoms with Gasteiger partial charge in [0.15, 0.2) is 0 Å². The van der Waals surface area contributed by atoms with Crippen LogP contribution in [0.2, 0.25) is 0 Å². The SMILES string of the molecule is Cc1cc(OCCCO)ccc1Cc1c(C)nc(N)[nH]c1=O. The summed E-state index contributed by atoms with van der Waals surface area (Å²) in [4.78, 5) is 18.6. The highest BCUT2D eigenvalue weighted by molar-refractivity contribution is 5.38. The second-order valence-electron chi connectivity index (χ2n) is 5.21. The Kier molecular flexibility index (Phi) is 5.16. The standard InChI is InChI=1S/C16H21N3O3/c1-10-8-13(22-7-3-6-20)5-4-12(10)9-14-11(2)18-16(17)19-15(14)21/h4-5,8,20H,3,6-7,9H2,1-2H3,(H3,17,18,19,21). The van der Waals surface area contributed by atoms with Crippen molar-refractivity contribution in [3.63, 3.8) is 0 Å². The van der Waals surface area contributed by atoms with Crippen molar-refractivity contribution in [2.45, 2.75) is 26.7 Å². The Bertz CT molecular complexity index is 710. The van der Waals surface area contributed by atoms with Crippen molar-refractivity contribution < 1.29 is 9.84 Å². The van der Waals surface area contributed by atoms with Gasteiger partial charge in [-0.15, -0.1) is 0 Å². The lowest BCUT2D eigenvalue weighted by atomic mass is 10.0. The molecule has 118 valence electrons. The summed E-state index contributed by atoms with van der Waals surface area (Å²) in [6, 6.07) is 5.74. The first-order chi connectivity index (χ1) is 10.5. The van der Waals surface area contributed by atoms with E-state index < -0.39 is 0 Å². The van der Waals surface area contributed by atoms with Crippen molar-refractivity contribution in [1.82, 2.24) is 9.97 Å². The number of anilines is 1. The Balaban J connectivity index is 2.19. The van der Waals surface area contributed by atoms with Crippen LogP contribution in [0.4, 0.5) is 5.95 Å². The largest absolute Gasteiger partial charge is 0.493 e. The summed E-state index contributed by atoms with van der Waals surface area (Å²) >= 11 is 0. The highest BCUT2D eigenvalue weighted by atomic mass is 16.5. The van der Waals surface area contributed by atoms with Crippen molar-refractivity contribution in [3.8, 4) is 5.75 Å². The zero-order chi connectivity index (χ0) is 16.1. The maximum Gasteiger partial charge on any atom is 0.256 e. The topological polar surface area (TPSA) is 101 Å². The molecule has 0 saturated heterocycles. The lowest BCUT2D eigenvalue weighted by Crippen LogP contribution is -2.19. The van der Waals surface area contributed by atoms with Gasteiger partial charge in [-0.05, 0) is 37.1 Å². The van der Waals surface area contributed by atoms with Crippen LogP contribution in [0.25, 0.3) is 0 Å². The molecule has 0 aliphatic rings. The molecule has 0 saturated carbocycles. The fraction of sp³-hybridized carbons (Fsp3) is 0.375. The van der Waals surface area contributed by atoms with E-state index in [1.165, 1.54) is 0 Å². The summed E-state index contributed by atoms with van der Waals surface area (Å²) in [5.41, 5.74) is 8.66. The van der Waals surface area contributed by atoms with Gasteiger partial charge in [0.1, 0.15) is 5.75 Å². The number of nitrogens with zero attached hydrogens (tertiary/aromatic N) is 1. The summed E-state index contributed by atoms with van der Waals surface area (Å²) in [7, 11) is 0. The Morgan fingerprint density at radius 2 is 2.14 bits per heavy atom. The predicted octanol–water partition coefficient (Wildman–Crippen LogP) is 1.32. The van der Waals surface area contributed by atoms with E-state index in [0.29, 0.717) is 30.7 Å². The lowest BCUT2D eigenvalue weighted by molar-refractivity contribution is 0.233. The second kappa shape index (κ2) is 7.09. The van der Waals surface area contributed by atoms with Crippen LogP contribution in [0, 0.1) is 13.8 Å². The fourth-order valence-electron chi connectivity index (χ4n) is 2.24. The Labute approximate surface area is 129 Å². The van der Waals surface area contributed by atoms with Crippen LogP contribution in [-0.4, -0.2) is 28.3 Å². The summed E-state index contributed by atoms with van der Waals surface area (Å²) in [5, 5.41) is 8.75. The molecule has 2 aromatic rings. The molecule has 6 heteroatoms. The number of aliphatic hydroxyl groups excluding tert-OH is 1. The average Bonchev–Trinajstić information content (AvgIpc) is 2.45. The van der Waals surface area contributed by atoms with Gasteiger partial charge in [0.2, 0.25) is 5.95 Å². The van der Waals surface area contributed by atoms with E-state index in [4.69, 9.17) is 15.6 Å². The van der Waals surface area contributed by atoms with E-state index in [9.17, 15) is 4.79 Å². The molecule has 0 aliphatic carbocycles. The third-order valence-electron chi connectivity index (χ3n) is 3.49. The number of H-pyrrole nitrogens is 1. The molecule has 0 radical (unpaired) electrons. The molecule has 2 rings (SSSR count). The van der Waals surface area contributed by atoms with Crippen LogP contribution in [0.15, 0.2) is 23.0 Å². The summed E-state index contributed by atoms with van der Waals surface area (Å²) in [5.74, 6) is 0.895. The van der Waals surface area contributed by atoms with Gasteiger partial charge in [-0.2, -0.15) is 0 Å². The third kappa shape index (κ3) is 3.85. The molecule has 0 fully saturated rings. The van der Waals surface area contributed by atoms with E-state index in [2.05, 4.69) is 9.97 Å². The van der Waals surface area contributed by atoms with Gasteiger partial charge in [0.25, 0.3) is 5.56 Å². The Morgan fingerprint density at radius 3 is 2.77 bits per heavy atom. The Hall–Kier alpha value is -2.34. The van der Waals surface area contributed by atoms with E-state index in [1.54, 1.807) is 6.92 Å². The number of hydrogen-bond acceptors (Lipinski definition) is 5. The number of nitrogens with one attached hydrogen (secondary N) is 1. The van der Waals surface area contributed by atoms with Crippen LogP contribution < -0.4 is 16.0 Å². The minimum atomic E-state index is -0.201. The number of aromatic nitrogens is 2. The minimum Gasteiger partial charge on any atom is -0.493 e. The number of nitrogens with two attached hydrogens (primary N) is 1. The zero-order valence-electron chi connectivity index (χ0n) is 12.8. The highest BCUT2D eigenvalue weighted by Crippen LogP contribution is 2.20. The number of ether oxygens (including phenoxy) is 1. The minimum absolute atomic E-state index is 0.114. The molecule has 0 bridgehead atoms. The number of aromatic amines is 1. The van der Waals surface area contributed by atoms with Crippen molar-refractivity contribution in [2.24, 2.45) is 0 Å². The van der Waals surface area contributed by atoms with Gasteiger partial charge in [0.05, 0.1) is 12.3 Å². The first-order valence-corrected chi connectivity index (χ1v) is 7.19. The van der Waals surface area contributed by atoms with Crippen LogP contribution in [-0.2, 0) is 6.42 Å². The molecule has 4 N–H and O–H groups in total. The first-order valence-electron chi connectivity index (χ1n) is 7.19. The van der Waals surface area contributed by atoms with Gasteiger partial charge in [-0.1, -0.05) is 6.07 Å². The second-order valence-corrected chi connectivity index (χ2v) is 5.21. The average molecular weight is 303 g/mol. The summed E-state index contributed by atoms with van der Waals surface area (Å²) < 4.78 is 5.54. The van der Waals surface area contributed by atoms with Crippen LogP contribution in [0.5, 0.6) is 5.75 Å². The molecular formula is C16H21N3O3. The smallest absolute Gasteiger partial charge is 0.256 e. The lowest BCUT2D eigenvalue weighted by Gasteiger charge is -2.11. The highest BCUT2D eigenvalue weighted by Gasteiger charge is 2.10. The van der Waals surface area contributed by atoms with Crippen LogP contribution in [0.3, 0.4) is 0 Å². The van der Waals surface area contributed by atoms with Crippen molar-refractivity contribution in [1.29, 1.82) is 0 Å². The van der Waals surface area contributed by atoms with Crippen LogP contribution in [0.1, 0.15) is 28.8 Å². The number of aliphatic hydroxyl groups is 1. The summed E-state index contributed by atoms with van der Waals surface area (Å²) in [6.07, 6.45) is 1.10. The first kappa shape index (κ1) is 16.0. The predicted molar refractivity (Wildman–Crippen MR) is 85.2 cm³/mol. The van der Waals surface area contributed by atoms with E-state index in [-0.39, 0.29) is 18.1 Å². The number of benzene rings is 1. The molecule has 1 aromatic heterocycles. The fourth-order valence-corrected chi connectivity index (χ4v) is 2.24. The van der Waals surface area contributed by atoms with E-state index >= 15 is 0 Å². The number of nitrogen functional groups attached to an aromatic ring is 1. The molecule has 1 heterocycles. The van der Waals surface area contributed by atoms with Gasteiger partial charge < -0.3 is 15.6 Å². The monoisotopic (exact) mass is 303 g/mol. The summed E-state index contributed by atoms with van der Waals surface area (Å²) in [6.45, 7) is 4.35. The molecule has 0 aliphatic heterocycles. The molecule has 0 unspecified atom stereocenters. The maximum absolute atomic E-state index is 12.0. The van der Waals surface area contributed by atoms with Gasteiger partial charge in [0, 0.05) is 25.0 Å². The van der Waals surface area contributed by atoms with Gasteiger partial charge >= 0.3 is 0 Å². The number of rotatable bonds is 6. The molecule has 6 nitrogen and oxygen atoms in total. The molecular weight excluding hydrogens is 282 g/mol. The third-order valence-corrected chi connectivity index (χ3v) is 3.49. The molecule has 1 aromatic carbocycles. The molecule has 0 atom stereocenters. The zero-order valence-corrected chi connectivity index (χ0v) is 12.8. The maximum atomic E-state index is 12.0. The van der Waals surface area contributed by atoms with E-state index in [1.807, 2.05) is 25.1 Å². The van der Waals surface area contributed by atoms with Crippen molar-refractivity contribution in [3.05, 3.63) is 50.9 Å². The molecule has 0 amide bonds. The van der Waals surface area contributed by atoms with E-state index in [0.717, 1.165) is 16.9 Å². The van der Waals surface area contributed by atoms with Gasteiger partial charge in [-0.25, -0.2) is 4.98 Å². The van der Waals surface area contributed by atoms with Crippen LogP contribution >= 0.6 is 0 Å².